The Kier molecular flexibility index (Phi) is 12.4. The van der Waals surface area contributed by atoms with Gasteiger partial charge in [0.15, 0.2) is 5.79 Å². The molecule has 0 unspecified atom stereocenters. The first kappa shape index (κ1) is 30.7. The van der Waals surface area contributed by atoms with Crippen LogP contribution in [0.1, 0.15) is 68.4 Å². The van der Waals surface area contributed by atoms with Gasteiger partial charge in [0.1, 0.15) is 0 Å². The molecular formula is C33H42O3S. The van der Waals surface area contributed by atoms with E-state index in [9.17, 15) is 5.11 Å². The molecule has 4 heteroatoms. The monoisotopic (exact) mass is 518 g/mol. The maximum absolute atomic E-state index is 11.9. The van der Waals surface area contributed by atoms with Gasteiger partial charge in [-0.15, -0.1) is 18.2 Å². The second-order valence-corrected chi connectivity index (χ2v) is 9.77. The lowest BCUT2D eigenvalue weighted by molar-refractivity contribution is -0.287. The molecule has 1 aliphatic heterocycles. The molecule has 1 N–H and O–H groups in total. The zero-order chi connectivity index (χ0) is 26.0. The van der Waals surface area contributed by atoms with Crippen LogP contribution < -0.4 is 0 Å². The van der Waals surface area contributed by atoms with Crippen molar-refractivity contribution in [1.29, 1.82) is 0 Å². The van der Waals surface area contributed by atoms with Crippen molar-refractivity contribution in [3.8, 4) is 12.3 Å². The normalized spacial score (nSPS) is 20.6. The lowest BCUT2D eigenvalue weighted by atomic mass is 9.88. The molecule has 3 atom stereocenters. The molecule has 37 heavy (non-hydrogen) atoms. The fraction of sp³-hybridized carbons (Fsp3) is 0.394. The number of aliphatic hydroxyl groups is 1. The van der Waals surface area contributed by atoms with Crippen molar-refractivity contribution in [3.63, 3.8) is 0 Å². The standard InChI is InChI=1S/C30H32O3S.C2H6.CH4/c1-4-25-18-28(22(2)17-29(25)34-3)30(31)20-27(32-21-24-13-9-6-10-14-24)19-26(33-30)16-15-23-11-7-5-8-12-23;1-2;/h1,5-14,17-18,26-27,31H,15-16,19-21H2,2-3H3;1-2H3;1H4/t26-,27+,30-;;/m1../s1. The molecule has 0 aliphatic carbocycles. The average Bonchev–Trinajstić information content (AvgIpc) is 2.92. The molecule has 198 valence electrons. The quantitative estimate of drug-likeness (QED) is 0.243. The van der Waals surface area contributed by atoms with E-state index >= 15 is 0 Å². The lowest BCUT2D eigenvalue weighted by Crippen LogP contribution is -2.45. The van der Waals surface area contributed by atoms with Crippen LogP contribution in [0.15, 0.2) is 77.7 Å². The van der Waals surface area contributed by atoms with Gasteiger partial charge in [0.05, 0.1) is 18.8 Å². The van der Waals surface area contributed by atoms with Crippen LogP contribution in [0.3, 0.4) is 0 Å². The van der Waals surface area contributed by atoms with Crippen molar-refractivity contribution in [2.24, 2.45) is 0 Å². The molecule has 0 radical (unpaired) electrons. The molecule has 0 spiro atoms. The van der Waals surface area contributed by atoms with Crippen molar-refractivity contribution in [3.05, 3.63) is 101 Å². The Morgan fingerprint density at radius 3 is 2.27 bits per heavy atom. The Hall–Kier alpha value is -2.55. The van der Waals surface area contributed by atoms with E-state index in [0.717, 1.165) is 46.4 Å². The highest BCUT2D eigenvalue weighted by atomic mass is 32.2. The molecule has 0 amide bonds. The summed E-state index contributed by atoms with van der Waals surface area (Å²) in [5, 5.41) is 11.9. The number of hydrogen-bond donors (Lipinski definition) is 1. The number of aryl methyl sites for hydroxylation is 2. The maximum atomic E-state index is 11.9. The van der Waals surface area contributed by atoms with Crippen molar-refractivity contribution in [2.75, 3.05) is 6.26 Å². The molecule has 0 bridgehead atoms. The topological polar surface area (TPSA) is 38.7 Å². The van der Waals surface area contributed by atoms with Gasteiger partial charge in [0.25, 0.3) is 0 Å². The summed E-state index contributed by atoms with van der Waals surface area (Å²) in [6.45, 7) is 6.51. The number of ether oxygens (including phenoxy) is 2. The molecule has 0 saturated carbocycles. The number of thioether (sulfide) groups is 1. The molecule has 1 heterocycles. The summed E-state index contributed by atoms with van der Waals surface area (Å²) in [4.78, 5) is 1.03. The highest BCUT2D eigenvalue weighted by Crippen LogP contribution is 2.41. The van der Waals surface area contributed by atoms with Gasteiger partial charge in [-0.2, -0.15) is 0 Å². The number of benzene rings is 3. The van der Waals surface area contributed by atoms with Crippen LogP contribution in [0.5, 0.6) is 0 Å². The first-order chi connectivity index (χ1) is 17.5. The Labute approximate surface area is 228 Å². The van der Waals surface area contributed by atoms with E-state index in [1.165, 1.54) is 5.56 Å². The van der Waals surface area contributed by atoms with E-state index in [2.05, 4.69) is 42.3 Å². The van der Waals surface area contributed by atoms with Gasteiger partial charge in [0, 0.05) is 28.9 Å². The van der Waals surface area contributed by atoms with Crippen LogP contribution >= 0.6 is 11.8 Å². The minimum absolute atomic E-state index is 0. The van der Waals surface area contributed by atoms with Crippen LogP contribution in [-0.2, 0) is 28.3 Å². The minimum atomic E-state index is -1.45. The van der Waals surface area contributed by atoms with E-state index in [4.69, 9.17) is 15.9 Å². The Balaban J connectivity index is 0.00000157. The van der Waals surface area contributed by atoms with Gasteiger partial charge >= 0.3 is 0 Å². The van der Waals surface area contributed by atoms with Crippen LogP contribution in [-0.4, -0.2) is 23.6 Å². The third kappa shape index (κ3) is 8.22. The fourth-order valence-electron chi connectivity index (χ4n) is 4.68. The molecule has 1 saturated heterocycles. The van der Waals surface area contributed by atoms with E-state index in [1.807, 2.05) is 63.4 Å². The van der Waals surface area contributed by atoms with Crippen molar-refractivity contribution < 1.29 is 14.6 Å². The molecule has 3 aromatic rings. The second kappa shape index (κ2) is 15.0. The zero-order valence-corrected chi connectivity index (χ0v) is 22.7. The first-order valence-corrected chi connectivity index (χ1v) is 14.0. The smallest absolute Gasteiger partial charge is 0.195 e. The van der Waals surface area contributed by atoms with E-state index in [1.54, 1.807) is 11.8 Å². The van der Waals surface area contributed by atoms with Crippen molar-refractivity contribution >= 4 is 11.8 Å². The summed E-state index contributed by atoms with van der Waals surface area (Å²) in [5.74, 6) is 1.32. The molecule has 3 nitrogen and oxygen atoms in total. The molecular weight excluding hydrogens is 476 g/mol. The number of rotatable bonds is 8. The molecule has 3 aromatic carbocycles. The summed E-state index contributed by atoms with van der Waals surface area (Å²) in [7, 11) is 0. The first-order valence-electron chi connectivity index (χ1n) is 12.8. The van der Waals surface area contributed by atoms with Gasteiger partial charge < -0.3 is 14.6 Å². The Morgan fingerprint density at radius 2 is 1.68 bits per heavy atom. The molecule has 1 fully saturated rings. The average molecular weight is 519 g/mol. The van der Waals surface area contributed by atoms with Crippen molar-refractivity contribution in [2.45, 2.75) is 83.4 Å². The summed E-state index contributed by atoms with van der Waals surface area (Å²) in [6, 6.07) is 24.5. The van der Waals surface area contributed by atoms with E-state index in [0.29, 0.717) is 13.0 Å². The second-order valence-electron chi connectivity index (χ2n) is 8.92. The van der Waals surface area contributed by atoms with Crippen molar-refractivity contribution in [1.82, 2.24) is 0 Å². The highest BCUT2D eigenvalue weighted by Gasteiger charge is 2.43. The third-order valence-electron chi connectivity index (χ3n) is 6.44. The maximum Gasteiger partial charge on any atom is 0.195 e. The van der Waals surface area contributed by atoms with E-state index in [-0.39, 0.29) is 19.6 Å². The van der Waals surface area contributed by atoms with Gasteiger partial charge in [-0.3, -0.25) is 0 Å². The van der Waals surface area contributed by atoms with Crippen LogP contribution in [0.25, 0.3) is 0 Å². The molecule has 0 aromatic heterocycles. The zero-order valence-electron chi connectivity index (χ0n) is 21.9. The molecule has 4 rings (SSSR count). The Bertz CT molecular complexity index is 1070. The van der Waals surface area contributed by atoms with Gasteiger partial charge in [0.2, 0.25) is 0 Å². The predicted molar refractivity (Wildman–Crippen MR) is 157 cm³/mol. The van der Waals surface area contributed by atoms with Gasteiger partial charge in [-0.05, 0) is 54.8 Å². The predicted octanol–water partition coefficient (Wildman–Crippen LogP) is 7.90. The molecule has 1 aliphatic rings. The summed E-state index contributed by atoms with van der Waals surface area (Å²) >= 11 is 1.61. The van der Waals surface area contributed by atoms with Crippen LogP contribution in [0.4, 0.5) is 0 Å². The fourth-order valence-corrected chi connectivity index (χ4v) is 5.31. The van der Waals surface area contributed by atoms with Crippen LogP contribution in [0, 0.1) is 19.3 Å². The largest absolute Gasteiger partial charge is 0.373 e. The minimum Gasteiger partial charge on any atom is -0.373 e. The highest BCUT2D eigenvalue weighted by molar-refractivity contribution is 7.98. The number of hydrogen-bond acceptors (Lipinski definition) is 4. The third-order valence-corrected chi connectivity index (χ3v) is 7.22. The summed E-state index contributed by atoms with van der Waals surface area (Å²) in [5.41, 5.74) is 4.86. The van der Waals surface area contributed by atoms with E-state index < -0.39 is 5.79 Å². The SMILES string of the molecule is C.C#Cc1cc([C@@]2(O)C[C@@H](OCc3ccccc3)C[C@@H](CCc3ccccc3)O2)c(C)cc1SC.CC. The summed E-state index contributed by atoms with van der Waals surface area (Å²) < 4.78 is 12.7. The Morgan fingerprint density at radius 1 is 1.05 bits per heavy atom. The summed E-state index contributed by atoms with van der Waals surface area (Å²) in [6.07, 6.45) is 10.3. The number of terminal acetylenes is 1. The van der Waals surface area contributed by atoms with Crippen LogP contribution in [0.2, 0.25) is 0 Å². The lowest BCUT2D eigenvalue weighted by Gasteiger charge is -2.42. The van der Waals surface area contributed by atoms with Gasteiger partial charge in [-0.25, -0.2) is 0 Å². The van der Waals surface area contributed by atoms with Gasteiger partial charge in [-0.1, -0.05) is 87.9 Å².